The number of fused-ring (bicyclic) bond motifs is 3. The molecule has 1 aliphatic rings. The highest BCUT2D eigenvalue weighted by molar-refractivity contribution is 7.84. The van der Waals surface area contributed by atoms with E-state index in [-0.39, 0.29) is 5.82 Å². The van der Waals surface area contributed by atoms with Crippen molar-refractivity contribution in [2.75, 3.05) is 5.75 Å². The fourth-order valence-corrected chi connectivity index (χ4v) is 4.79. The normalized spacial score (nSPS) is 16.5. The molecule has 26 heavy (non-hydrogen) atoms. The fourth-order valence-electron chi connectivity index (χ4n) is 3.58. The van der Waals surface area contributed by atoms with Crippen LogP contribution in [0, 0.1) is 5.82 Å². The van der Waals surface area contributed by atoms with Gasteiger partial charge in [-0.2, -0.15) is 0 Å². The van der Waals surface area contributed by atoms with Crippen LogP contribution in [-0.4, -0.2) is 25.6 Å². The van der Waals surface area contributed by atoms with Crippen LogP contribution >= 0.6 is 0 Å². The average molecular weight is 372 g/mol. The lowest BCUT2D eigenvalue weighted by Crippen LogP contribution is -2.19. The highest BCUT2D eigenvalue weighted by atomic mass is 32.2. The summed E-state index contributed by atoms with van der Waals surface area (Å²) >= 11 is 0. The van der Waals surface area contributed by atoms with Gasteiger partial charge in [0.2, 0.25) is 0 Å². The van der Waals surface area contributed by atoms with Crippen LogP contribution < -0.4 is 5.48 Å². The molecule has 3 aromatic rings. The smallest absolute Gasteiger partial charge is 0.274 e. The van der Waals surface area contributed by atoms with Crippen molar-refractivity contribution in [3.8, 4) is 0 Å². The van der Waals surface area contributed by atoms with Crippen molar-refractivity contribution in [2.24, 2.45) is 0 Å². The number of benzene rings is 2. The maximum atomic E-state index is 13.8. The molecule has 2 aromatic carbocycles. The summed E-state index contributed by atoms with van der Waals surface area (Å²) in [4.78, 5) is 11.6. The van der Waals surface area contributed by atoms with Crippen molar-refractivity contribution in [1.29, 1.82) is 0 Å². The van der Waals surface area contributed by atoms with Gasteiger partial charge in [-0.05, 0) is 47.9 Å². The summed E-state index contributed by atoms with van der Waals surface area (Å²) in [6.07, 6.45) is 0.676. The molecular formula is C19H17FN2O3S. The molecule has 2 heterocycles. The van der Waals surface area contributed by atoms with Crippen LogP contribution in [0.1, 0.15) is 27.2 Å². The Morgan fingerprint density at radius 2 is 2.12 bits per heavy atom. The first-order chi connectivity index (χ1) is 12.6. The number of nitrogens with one attached hydrogen (secondary N) is 1. The Balaban J connectivity index is 1.82. The van der Waals surface area contributed by atoms with E-state index in [0.717, 1.165) is 27.7 Å². The first-order valence-electron chi connectivity index (χ1n) is 8.24. The number of hydrogen-bond acceptors (Lipinski definition) is 3. The lowest BCUT2D eigenvalue weighted by Gasteiger charge is -2.16. The summed E-state index contributed by atoms with van der Waals surface area (Å²) in [5.41, 5.74) is 5.81. The van der Waals surface area contributed by atoms with E-state index in [4.69, 9.17) is 5.21 Å². The van der Waals surface area contributed by atoms with E-state index in [2.05, 4.69) is 4.57 Å². The average Bonchev–Trinajstić information content (AvgIpc) is 2.93. The van der Waals surface area contributed by atoms with E-state index in [9.17, 15) is 13.4 Å². The molecule has 0 radical (unpaired) electrons. The highest BCUT2D eigenvalue weighted by Gasteiger charge is 2.23. The van der Waals surface area contributed by atoms with E-state index in [1.165, 1.54) is 12.1 Å². The predicted molar refractivity (Wildman–Crippen MR) is 97.1 cm³/mol. The number of halogens is 1. The van der Waals surface area contributed by atoms with Gasteiger partial charge in [0.15, 0.2) is 0 Å². The van der Waals surface area contributed by atoms with Gasteiger partial charge >= 0.3 is 0 Å². The summed E-state index contributed by atoms with van der Waals surface area (Å²) in [6.45, 7) is 0.511. The van der Waals surface area contributed by atoms with Gasteiger partial charge in [0.1, 0.15) is 5.82 Å². The number of hydroxylamine groups is 1. The fraction of sp³-hybridized carbons (Fsp3) is 0.211. The van der Waals surface area contributed by atoms with Crippen LogP contribution in [0.4, 0.5) is 4.39 Å². The summed E-state index contributed by atoms with van der Waals surface area (Å²) in [5, 5.41) is 9.62. The zero-order valence-electron chi connectivity index (χ0n) is 13.9. The van der Waals surface area contributed by atoms with Crippen LogP contribution in [0.5, 0.6) is 0 Å². The Bertz CT molecular complexity index is 1040. The third kappa shape index (κ3) is 2.93. The van der Waals surface area contributed by atoms with E-state index in [0.29, 0.717) is 30.0 Å². The monoisotopic (exact) mass is 372 g/mol. The molecule has 0 saturated carbocycles. The van der Waals surface area contributed by atoms with Gasteiger partial charge in [0.25, 0.3) is 5.91 Å². The molecule has 0 saturated heterocycles. The standard InChI is InChI=1S/C19H17FN2O3S/c20-14-4-5-17-15(9-14)16-11-26(25)7-6-18(16)22(17)10-12-2-1-3-13(8-12)19(23)21-24/h1-5,8-9,24H,6-7,10-11H2,(H,21,23). The summed E-state index contributed by atoms with van der Waals surface area (Å²) in [7, 11) is -0.925. The van der Waals surface area contributed by atoms with Gasteiger partial charge < -0.3 is 4.57 Å². The van der Waals surface area contributed by atoms with Crippen molar-refractivity contribution in [1.82, 2.24) is 10.0 Å². The molecule has 0 bridgehead atoms. The van der Waals surface area contributed by atoms with Crippen molar-refractivity contribution in [3.05, 3.63) is 70.7 Å². The topological polar surface area (TPSA) is 71.3 Å². The van der Waals surface area contributed by atoms with Crippen molar-refractivity contribution in [3.63, 3.8) is 0 Å². The van der Waals surface area contributed by atoms with Crippen molar-refractivity contribution >= 4 is 27.6 Å². The molecule has 134 valence electrons. The SMILES string of the molecule is O=C(NO)c1cccc(Cn2c3c(c4cc(F)ccc42)CS(=O)CC3)c1. The van der Waals surface area contributed by atoms with Crippen LogP contribution in [0.2, 0.25) is 0 Å². The molecule has 1 atom stereocenters. The summed E-state index contributed by atoms with van der Waals surface area (Å²) in [6, 6.07) is 11.7. The third-order valence-electron chi connectivity index (χ3n) is 4.75. The van der Waals surface area contributed by atoms with Gasteiger partial charge in [-0.15, -0.1) is 0 Å². The van der Waals surface area contributed by atoms with Gasteiger partial charge in [0, 0.05) is 45.3 Å². The molecule has 4 rings (SSSR count). The Hall–Kier alpha value is -2.51. The number of carbonyl (C=O) groups is 1. The molecule has 1 amide bonds. The Morgan fingerprint density at radius 3 is 2.92 bits per heavy atom. The van der Waals surface area contributed by atoms with E-state index in [1.807, 2.05) is 6.07 Å². The van der Waals surface area contributed by atoms with Crippen LogP contribution in [-0.2, 0) is 29.5 Å². The zero-order valence-corrected chi connectivity index (χ0v) is 14.7. The minimum absolute atomic E-state index is 0.310. The maximum absolute atomic E-state index is 13.8. The summed E-state index contributed by atoms with van der Waals surface area (Å²) < 4.78 is 27.9. The lowest BCUT2D eigenvalue weighted by atomic mass is 10.1. The number of amides is 1. The van der Waals surface area contributed by atoms with E-state index in [1.54, 1.807) is 29.7 Å². The van der Waals surface area contributed by atoms with Crippen molar-refractivity contribution < 1.29 is 18.6 Å². The molecule has 2 N–H and O–H groups in total. The minimum Gasteiger partial charge on any atom is -0.340 e. The van der Waals surface area contributed by atoms with Gasteiger partial charge in [-0.3, -0.25) is 14.2 Å². The third-order valence-corrected chi connectivity index (χ3v) is 6.02. The van der Waals surface area contributed by atoms with Crippen LogP contribution in [0.25, 0.3) is 10.9 Å². The molecule has 1 aliphatic heterocycles. The number of rotatable bonds is 3. The highest BCUT2D eigenvalue weighted by Crippen LogP contribution is 2.32. The van der Waals surface area contributed by atoms with Gasteiger partial charge in [0.05, 0.1) is 5.75 Å². The van der Waals surface area contributed by atoms with Crippen LogP contribution in [0.15, 0.2) is 42.5 Å². The molecule has 1 unspecified atom stereocenters. The molecule has 0 aliphatic carbocycles. The quantitative estimate of drug-likeness (QED) is 0.549. The zero-order chi connectivity index (χ0) is 18.3. The Labute approximate surface area is 151 Å². The van der Waals surface area contributed by atoms with E-state index < -0.39 is 16.7 Å². The predicted octanol–water partition coefficient (Wildman–Crippen LogP) is 2.75. The first-order valence-corrected chi connectivity index (χ1v) is 9.73. The molecule has 0 spiro atoms. The molecule has 5 nitrogen and oxygen atoms in total. The number of carbonyl (C=O) groups excluding carboxylic acids is 1. The second-order valence-corrected chi connectivity index (χ2v) is 7.93. The Kier molecular flexibility index (Phi) is 4.34. The van der Waals surface area contributed by atoms with Gasteiger partial charge in [-0.1, -0.05) is 12.1 Å². The molecule has 1 aromatic heterocycles. The summed E-state index contributed by atoms with van der Waals surface area (Å²) in [5.74, 6) is 0.160. The minimum atomic E-state index is -0.925. The van der Waals surface area contributed by atoms with Gasteiger partial charge in [-0.25, -0.2) is 9.87 Å². The van der Waals surface area contributed by atoms with E-state index >= 15 is 0 Å². The lowest BCUT2D eigenvalue weighted by molar-refractivity contribution is 0.0706. The second kappa shape index (κ2) is 6.66. The molecule has 7 heteroatoms. The van der Waals surface area contributed by atoms with Crippen molar-refractivity contribution in [2.45, 2.75) is 18.7 Å². The maximum Gasteiger partial charge on any atom is 0.274 e. The largest absolute Gasteiger partial charge is 0.340 e. The molecular weight excluding hydrogens is 355 g/mol. The first kappa shape index (κ1) is 16.9. The van der Waals surface area contributed by atoms with Crippen LogP contribution in [0.3, 0.4) is 0 Å². The number of aromatic nitrogens is 1. The Morgan fingerprint density at radius 1 is 1.27 bits per heavy atom. The number of nitrogens with zero attached hydrogens (tertiary/aromatic N) is 1. The second-order valence-electron chi connectivity index (χ2n) is 6.35. The molecule has 0 fully saturated rings. The number of hydrogen-bond donors (Lipinski definition) is 2.